The van der Waals surface area contributed by atoms with Crippen molar-refractivity contribution in [1.29, 1.82) is 0 Å². The van der Waals surface area contributed by atoms with E-state index in [0.717, 1.165) is 57.1 Å². The zero-order valence-electron chi connectivity index (χ0n) is 14.0. The molecule has 2 fully saturated rings. The second-order valence-electron chi connectivity index (χ2n) is 6.45. The largest absolute Gasteiger partial charge is 0.489 e. The smallest absolute Gasteiger partial charge is 0.251 e. The highest BCUT2D eigenvalue weighted by Crippen LogP contribution is 2.30. The molecule has 1 atom stereocenters. The first-order valence-corrected chi connectivity index (χ1v) is 8.56. The molecule has 0 aromatic heterocycles. The highest BCUT2D eigenvalue weighted by atomic mass is 16.5. The van der Waals surface area contributed by atoms with Gasteiger partial charge in [0.25, 0.3) is 5.91 Å². The van der Waals surface area contributed by atoms with Crippen LogP contribution in [0, 0.1) is 0 Å². The lowest BCUT2D eigenvalue weighted by Gasteiger charge is -2.37. The Morgan fingerprint density at radius 1 is 1.22 bits per heavy atom. The van der Waals surface area contributed by atoms with Gasteiger partial charge < -0.3 is 19.3 Å². The van der Waals surface area contributed by atoms with E-state index in [0.29, 0.717) is 0 Å². The highest BCUT2D eigenvalue weighted by molar-refractivity contribution is 5.81. The third-order valence-corrected chi connectivity index (χ3v) is 4.37. The van der Waals surface area contributed by atoms with Crippen molar-refractivity contribution in [2.45, 2.75) is 38.9 Å². The average molecular weight is 318 g/mol. The van der Waals surface area contributed by atoms with Gasteiger partial charge in [-0.3, -0.25) is 4.79 Å². The Bertz CT molecular complexity index is 533. The van der Waals surface area contributed by atoms with Gasteiger partial charge in [-0.25, -0.2) is 0 Å². The maximum atomic E-state index is 12.4. The van der Waals surface area contributed by atoms with Crippen molar-refractivity contribution in [3.8, 4) is 5.75 Å². The van der Waals surface area contributed by atoms with Crippen molar-refractivity contribution in [3.63, 3.8) is 0 Å². The van der Waals surface area contributed by atoms with Crippen LogP contribution in [-0.2, 0) is 9.53 Å². The zero-order chi connectivity index (χ0) is 16.2. The Morgan fingerprint density at radius 2 is 1.96 bits per heavy atom. The lowest BCUT2D eigenvalue weighted by atomic mass is 10.2. The van der Waals surface area contributed by atoms with Crippen molar-refractivity contribution in [3.05, 3.63) is 24.3 Å². The monoisotopic (exact) mass is 318 g/mol. The number of para-hydroxylation sites is 2. The minimum absolute atomic E-state index is 0.151. The molecule has 2 heterocycles. The molecule has 1 unspecified atom stereocenters. The van der Waals surface area contributed by atoms with Crippen molar-refractivity contribution in [2.24, 2.45) is 0 Å². The van der Waals surface area contributed by atoms with Gasteiger partial charge >= 0.3 is 0 Å². The summed E-state index contributed by atoms with van der Waals surface area (Å²) < 4.78 is 11.4. The fourth-order valence-electron chi connectivity index (χ4n) is 3.22. The van der Waals surface area contributed by atoms with Gasteiger partial charge in [0.05, 0.1) is 11.8 Å². The van der Waals surface area contributed by atoms with Gasteiger partial charge in [0.1, 0.15) is 11.9 Å². The summed E-state index contributed by atoms with van der Waals surface area (Å²) in [6.07, 6.45) is 1.80. The summed E-state index contributed by atoms with van der Waals surface area (Å²) in [6, 6.07) is 8.14. The fraction of sp³-hybridized carbons (Fsp3) is 0.611. The predicted molar refractivity (Wildman–Crippen MR) is 90.0 cm³/mol. The Kier molecular flexibility index (Phi) is 5.06. The summed E-state index contributed by atoms with van der Waals surface area (Å²) in [5, 5.41) is 0. The number of carbonyl (C=O) groups excluding carboxylic acids is 1. The van der Waals surface area contributed by atoms with E-state index in [-0.39, 0.29) is 18.1 Å². The van der Waals surface area contributed by atoms with Gasteiger partial charge in [-0.1, -0.05) is 12.1 Å². The molecular formula is C18H26N2O3. The molecule has 0 spiro atoms. The number of amides is 1. The standard InChI is InChI=1S/C18H26N2O3/c1-14(2)23-16-7-4-3-6-15(16)19-9-11-20(12-10-19)18(21)17-8-5-13-22-17/h3-4,6-7,14,17H,5,8-13H2,1-2H3. The highest BCUT2D eigenvalue weighted by Gasteiger charge is 2.30. The minimum atomic E-state index is -0.210. The molecular weight excluding hydrogens is 292 g/mol. The lowest BCUT2D eigenvalue weighted by molar-refractivity contribution is -0.141. The van der Waals surface area contributed by atoms with Crippen LogP contribution in [0.2, 0.25) is 0 Å². The molecule has 0 N–H and O–H groups in total. The van der Waals surface area contributed by atoms with Gasteiger partial charge in [-0.15, -0.1) is 0 Å². The van der Waals surface area contributed by atoms with Crippen LogP contribution < -0.4 is 9.64 Å². The molecule has 5 nitrogen and oxygen atoms in total. The number of hydrogen-bond donors (Lipinski definition) is 0. The topological polar surface area (TPSA) is 42.0 Å². The Hall–Kier alpha value is -1.75. The van der Waals surface area contributed by atoms with E-state index in [2.05, 4.69) is 11.0 Å². The van der Waals surface area contributed by atoms with Crippen molar-refractivity contribution in [1.82, 2.24) is 4.90 Å². The molecule has 126 valence electrons. The van der Waals surface area contributed by atoms with Crippen LogP contribution in [-0.4, -0.2) is 55.8 Å². The molecule has 0 saturated carbocycles. The summed E-state index contributed by atoms with van der Waals surface area (Å²) in [5.74, 6) is 1.08. The van der Waals surface area contributed by atoms with E-state index in [9.17, 15) is 4.79 Å². The number of benzene rings is 1. The number of hydrogen-bond acceptors (Lipinski definition) is 4. The molecule has 0 aliphatic carbocycles. The van der Waals surface area contributed by atoms with E-state index in [1.807, 2.05) is 36.9 Å². The molecule has 23 heavy (non-hydrogen) atoms. The average Bonchev–Trinajstić information content (AvgIpc) is 3.09. The van der Waals surface area contributed by atoms with E-state index >= 15 is 0 Å². The second-order valence-corrected chi connectivity index (χ2v) is 6.45. The molecule has 1 aromatic carbocycles. The summed E-state index contributed by atoms with van der Waals surface area (Å²) in [7, 11) is 0. The first kappa shape index (κ1) is 16.1. The van der Waals surface area contributed by atoms with Crippen molar-refractivity contribution >= 4 is 11.6 Å². The van der Waals surface area contributed by atoms with Crippen LogP contribution in [0.1, 0.15) is 26.7 Å². The molecule has 1 aromatic rings. The number of nitrogens with zero attached hydrogens (tertiary/aromatic N) is 2. The second kappa shape index (κ2) is 7.21. The normalized spacial score (nSPS) is 21.8. The van der Waals surface area contributed by atoms with E-state index in [4.69, 9.17) is 9.47 Å². The summed E-state index contributed by atoms with van der Waals surface area (Å²) in [4.78, 5) is 16.7. The van der Waals surface area contributed by atoms with Crippen LogP contribution in [0.3, 0.4) is 0 Å². The Labute approximate surface area is 138 Å². The van der Waals surface area contributed by atoms with Crippen LogP contribution >= 0.6 is 0 Å². The zero-order valence-corrected chi connectivity index (χ0v) is 14.0. The lowest BCUT2D eigenvalue weighted by Crippen LogP contribution is -2.51. The maximum Gasteiger partial charge on any atom is 0.251 e. The molecule has 1 amide bonds. The molecule has 5 heteroatoms. The molecule has 0 radical (unpaired) electrons. The van der Waals surface area contributed by atoms with Gasteiger partial charge in [-0.2, -0.15) is 0 Å². The van der Waals surface area contributed by atoms with Crippen LogP contribution in [0.25, 0.3) is 0 Å². The molecule has 2 aliphatic rings. The number of piperazine rings is 1. The molecule has 2 saturated heterocycles. The van der Waals surface area contributed by atoms with Crippen LogP contribution in [0.15, 0.2) is 24.3 Å². The van der Waals surface area contributed by atoms with E-state index in [1.165, 1.54) is 0 Å². The number of rotatable bonds is 4. The van der Waals surface area contributed by atoms with Crippen molar-refractivity contribution < 1.29 is 14.3 Å². The Balaban J connectivity index is 1.61. The Morgan fingerprint density at radius 3 is 2.61 bits per heavy atom. The number of anilines is 1. The number of ether oxygens (including phenoxy) is 2. The van der Waals surface area contributed by atoms with Gasteiger partial charge in [-0.05, 0) is 38.8 Å². The van der Waals surface area contributed by atoms with E-state index in [1.54, 1.807) is 0 Å². The van der Waals surface area contributed by atoms with E-state index < -0.39 is 0 Å². The number of carbonyl (C=O) groups is 1. The van der Waals surface area contributed by atoms with Crippen molar-refractivity contribution in [2.75, 3.05) is 37.7 Å². The third-order valence-electron chi connectivity index (χ3n) is 4.37. The molecule has 3 rings (SSSR count). The summed E-state index contributed by atoms with van der Waals surface area (Å²) >= 11 is 0. The van der Waals surface area contributed by atoms with Gasteiger partial charge in [0.2, 0.25) is 0 Å². The molecule has 0 bridgehead atoms. The summed E-state index contributed by atoms with van der Waals surface area (Å²) in [6.45, 7) is 7.94. The van der Waals surface area contributed by atoms with Crippen LogP contribution in [0.4, 0.5) is 5.69 Å². The molecule has 2 aliphatic heterocycles. The predicted octanol–water partition coefficient (Wildman–Crippen LogP) is 2.30. The fourth-order valence-corrected chi connectivity index (χ4v) is 3.22. The first-order chi connectivity index (χ1) is 11.1. The quantitative estimate of drug-likeness (QED) is 0.854. The summed E-state index contributed by atoms with van der Waals surface area (Å²) in [5.41, 5.74) is 1.12. The van der Waals surface area contributed by atoms with Gasteiger partial charge in [0, 0.05) is 32.8 Å². The maximum absolute atomic E-state index is 12.4. The minimum Gasteiger partial charge on any atom is -0.489 e. The van der Waals surface area contributed by atoms with Gasteiger partial charge in [0.15, 0.2) is 0 Å². The first-order valence-electron chi connectivity index (χ1n) is 8.56. The third kappa shape index (κ3) is 3.78. The van der Waals surface area contributed by atoms with Crippen LogP contribution in [0.5, 0.6) is 5.75 Å². The SMILES string of the molecule is CC(C)Oc1ccccc1N1CCN(C(=O)C2CCCO2)CC1.